The molecule has 0 unspecified atom stereocenters. The molecule has 1 heterocycles. The molecule has 0 spiro atoms. The SMILES string of the molecule is COC1=C(C)C(=O)[C@@]2(C)C(=C(C)C=C(C)[C@H]2/C(C)=C\CC(C)C)O1. The molecule has 0 N–H and O–H groups in total. The van der Waals surface area contributed by atoms with Gasteiger partial charge in [-0.25, -0.2) is 0 Å². The number of ether oxygens (including phenoxy) is 2. The molecule has 2 aliphatic rings. The molecule has 0 aromatic rings. The van der Waals surface area contributed by atoms with Crippen molar-refractivity contribution >= 4 is 5.78 Å². The number of rotatable bonds is 4. The summed E-state index contributed by atoms with van der Waals surface area (Å²) in [5, 5.41) is 0. The zero-order valence-corrected chi connectivity index (χ0v) is 16.2. The Balaban J connectivity index is 2.60. The molecule has 3 heteroatoms. The quantitative estimate of drug-likeness (QED) is 0.655. The molecule has 1 aliphatic carbocycles. The highest BCUT2D eigenvalue weighted by Gasteiger charge is 2.53. The van der Waals surface area contributed by atoms with Gasteiger partial charge in [-0.05, 0) is 52.5 Å². The van der Waals surface area contributed by atoms with Crippen LogP contribution in [0.15, 0.2) is 46.1 Å². The van der Waals surface area contributed by atoms with Gasteiger partial charge < -0.3 is 9.47 Å². The van der Waals surface area contributed by atoms with Crippen molar-refractivity contribution in [3.05, 3.63) is 46.1 Å². The Labute approximate surface area is 146 Å². The van der Waals surface area contributed by atoms with Gasteiger partial charge in [0.25, 0.3) is 5.95 Å². The van der Waals surface area contributed by atoms with E-state index >= 15 is 0 Å². The summed E-state index contributed by atoms with van der Waals surface area (Å²) in [5.41, 5.74) is 3.30. The number of fused-ring (bicyclic) bond motifs is 1. The molecule has 24 heavy (non-hydrogen) atoms. The van der Waals surface area contributed by atoms with Crippen molar-refractivity contribution < 1.29 is 14.3 Å². The van der Waals surface area contributed by atoms with Crippen molar-refractivity contribution in [3.8, 4) is 0 Å². The molecule has 3 nitrogen and oxygen atoms in total. The van der Waals surface area contributed by atoms with Crippen molar-refractivity contribution in [1.29, 1.82) is 0 Å². The van der Waals surface area contributed by atoms with Crippen molar-refractivity contribution in [1.82, 2.24) is 0 Å². The van der Waals surface area contributed by atoms with Crippen LogP contribution in [0.25, 0.3) is 0 Å². The summed E-state index contributed by atoms with van der Waals surface area (Å²) in [6.07, 6.45) is 5.42. The Morgan fingerprint density at radius 1 is 1.38 bits per heavy atom. The summed E-state index contributed by atoms with van der Waals surface area (Å²) in [6, 6.07) is 0. The van der Waals surface area contributed by atoms with Gasteiger partial charge in [0, 0.05) is 5.92 Å². The summed E-state index contributed by atoms with van der Waals surface area (Å²) in [5.74, 6) is 1.76. The molecule has 1 aliphatic heterocycles. The third-order valence-electron chi connectivity index (χ3n) is 5.17. The molecule has 0 amide bonds. The molecule has 0 aromatic carbocycles. The zero-order valence-electron chi connectivity index (χ0n) is 16.2. The standard InChI is InChI=1S/C21H30O3/c1-12(2)9-10-13(3)17-14(4)11-15(5)19-21(17,7)18(22)16(6)20(23-8)24-19/h10-12,17H,9H2,1-8H3/b13-10-/t17-,21+/m1/s1. The van der Waals surface area contributed by atoms with Gasteiger partial charge in [-0.2, -0.15) is 0 Å². The maximum absolute atomic E-state index is 13.3. The molecular weight excluding hydrogens is 300 g/mol. The first kappa shape index (κ1) is 18.6. The van der Waals surface area contributed by atoms with E-state index in [9.17, 15) is 4.79 Å². The average molecular weight is 330 g/mol. The first-order valence-corrected chi connectivity index (χ1v) is 8.68. The largest absolute Gasteiger partial charge is 0.468 e. The molecular formula is C21H30O3. The Hall–Kier alpha value is -1.77. The molecule has 2 rings (SSSR count). The lowest BCUT2D eigenvalue weighted by Crippen LogP contribution is -2.45. The van der Waals surface area contributed by atoms with E-state index < -0.39 is 5.41 Å². The molecule has 0 saturated heterocycles. The fourth-order valence-electron chi connectivity index (χ4n) is 4.11. The second kappa shape index (κ2) is 6.62. The molecule has 0 saturated carbocycles. The minimum absolute atomic E-state index is 0.0239. The Bertz CT molecular complexity index is 673. The molecule has 0 aromatic heterocycles. The monoisotopic (exact) mass is 330 g/mol. The summed E-state index contributed by atoms with van der Waals surface area (Å²) in [4.78, 5) is 13.3. The average Bonchev–Trinajstić information content (AvgIpc) is 2.50. The van der Waals surface area contributed by atoms with Crippen LogP contribution in [0.1, 0.15) is 54.9 Å². The number of hydrogen-bond donors (Lipinski definition) is 0. The van der Waals surface area contributed by atoms with Crippen LogP contribution >= 0.6 is 0 Å². The first-order valence-electron chi connectivity index (χ1n) is 8.68. The number of hydrogen-bond acceptors (Lipinski definition) is 3. The van der Waals surface area contributed by atoms with Crippen LogP contribution in [0.2, 0.25) is 0 Å². The number of carbonyl (C=O) groups excluding carboxylic acids is 1. The highest BCUT2D eigenvalue weighted by atomic mass is 16.7. The molecule has 132 valence electrons. The molecule has 0 fully saturated rings. The lowest BCUT2D eigenvalue weighted by Gasteiger charge is -2.45. The summed E-state index contributed by atoms with van der Waals surface area (Å²) < 4.78 is 11.3. The van der Waals surface area contributed by atoms with E-state index in [4.69, 9.17) is 9.47 Å². The van der Waals surface area contributed by atoms with Crippen LogP contribution in [0.5, 0.6) is 0 Å². The van der Waals surface area contributed by atoms with Crippen LogP contribution in [0, 0.1) is 17.3 Å². The van der Waals surface area contributed by atoms with Gasteiger partial charge in [0.2, 0.25) is 0 Å². The summed E-state index contributed by atoms with van der Waals surface area (Å²) in [6.45, 7) is 14.5. The van der Waals surface area contributed by atoms with Gasteiger partial charge >= 0.3 is 0 Å². The fourth-order valence-corrected chi connectivity index (χ4v) is 4.11. The number of allylic oxidation sites excluding steroid dienone is 7. The normalized spacial score (nSPS) is 28.0. The van der Waals surface area contributed by atoms with E-state index in [1.54, 1.807) is 14.0 Å². The smallest absolute Gasteiger partial charge is 0.290 e. The van der Waals surface area contributed by atoms with Crippen LogP contribution in [0.4, 0.5) is 0 Å². The van der Waals surface area contributed by atoms with Crippen LogP contribution < -0.4 is 0 Å². The van der Waals surface area contributed by atoms with Gasteiger partial charge in [0.15, 0.2) is 5.78 Å². The van der Waals surface area contributed by atoms with Gasteiger partial charge in [0.05, 0.1) is 18.1 Å². The Morgan fingerprint density at radius 3 is 2.54 bits per heavy atom. The third-order valence-corrected chi connectivity index (χ3v) is 5.17. The highest BCUT2D eigenvalue weighted by molar-refractivity contribution is 6.03. The van der Waals surface area contributed by atoms with E-state index in [-0.39, 0.29) is 11.7 Å². The number of ketones is 1. The van der Waals surface area contributed by atoms with Gasteiger partial charge in [-0.15, -0.1) is 0 Å². The van der Waals surface area contributed by atoms with Gasteiger partial charge in [-0.3, -0.25) is 4.79 Å². The summed E-state index contributed by atoms with van der Waals surface area (Å²) in [7, 11) is 1.54. The number of Topliss-reactive ketones (excluding diaryl/α,β-unsaturated/α-hetero) is 1. The van der Waals surface area contributed by atoms with E-state index in [0.29, 0.717) is 17.4 Å². The van der Waals surface area contributed by atoms with Gasteiger partial charge in [0.1, 0.15) is 5.76 Å². The zero-order chi connectivity index (χ0) is 18.2. The predicted octanol–water partition coefficient (Wildman–Crippen LogP) is 5.31. The third kappa shape index (κ3) is 2.85. The van der Waals surface area contributed by atoms with Crippen molar-refractivity contribution in [3.63, 3.8) is 0 Å². The predicted molar refractivity (Wildman–Crippen MR) is 97.1 cm³/mol. The maximum Gasteiger partial charge on any atom is 0.290 e. The minimum atomic E-state index is -0.702. The van der Waals surface area contributed by atoms with E-state index in [0.717, 1.165) is 17.8 Å². The maximum atomic E-state index is 13.3. The lowest BCUT2D eigenvalue weighted by atomic mass is 9.61. The molecule has 0 bridgehead atoms. The first-order chi connectivity index (χ1) is 11.1. The second-order valence-corrected chi connectivity index (χ2v) is 7.66. The van der Waals surface area contributed by atoms with Crippen LogP contribution in [-0.2, 0) is 14.3 Å². The highest BCUT2D eigenvalue weighted by Crippen LogP contribution is 2.53. The van der Waals surface area contributed by atoms with E-state index in [1.807, 2.05) is 13.8 Å². The van der Waals surface area contributed by atoms with Crippen molar-refractivity contribution in [2.75, 3.05) is 7.11 Å². The van der Waals surface area contributed by atoms with E-state index in [2.05, 4.69) is 39.8 Å². The Morgan fingerprint density at radius 2 is 2.00 bits per heavy atom. The topological polar surface area (TPSA) is 35.5 Å². The number of carbonyl (C=O) groups is 1. The summed E-state index contributed by atoms with van der Waals surface area (Å²) >= 11 is 0. The lowest BCUT2D eigenvalue weighted by molar-refractivity contribution is -0.129. The van der Waals surface area contributed by atoms with Crippen LogP contribution in [0.3, 0.4) is 0 Å². The number of methoxy groups -OCH3 is 1. The van der Waals surface area contributed by atoms with Gasteiger partial charge in [-0.1, -0.05) is 37.1 Å². The minimum Gasteiger partial charge on any atom is -0.468 e. The molecule has 0 radical (unpaired) electrons. The molecule has 2 atom stereocenters. The van der Waals surface area contributed by atoms with Crippen molar-refractivity contribution in [2.45, 2.75) is 54.9 Å². The fraction of sp³-hybridized carbons (Fsp3) is 0.571. The Kier molecular flexibility index (Phi) is 5.12. The van der Waals surface area contributed by atoms with E-state index in [1.165, 1.54) is 11.1 Å². The second-order valence-electron chi connectivity index (χ2n) is 7.66. The van der Waals surface area contributed by atoms with Crippen LogP contribution in [-0.4, -0.2) is 12.9 Å². The van der Waals surface area contributed by atoms with Crippen molar-refractivity contribution in [2.24, 2.45) is 17.3 Å².